The third kappa shape index (κ3) is 5.92. The quantitative estimate of drug-likeness (QED) is 0.894. The zero-order valence-corrected chi connectivity index (χ0v) is 14.9. The first-order valence-electron chi connectivity index (χ1n) is 8.42. The van der Waals surface area contributed by atoms with E-state index < -0.39 is 11.6 Å². The number of carbonyl (C=O) groups excluding carboxylic acids is 1. The number of amides is 1. The predicted molar refractivity (Wildman–Crippen MR) is 91.2 cm³/mol. The minimum Gasteiger partial charge on any atom is -0.388 e. The minimum absolute atomic E-state index is 0.180. The first-order valence-corrected chi connectivity index (χ1v) is 8.42. The first-order chi connectivity index (χ1) is 10.9. The van der Waals surface area contributed by atoms with Crippen molar-refractivity contribution in [1.82, 2.24) is 10.3 Å². The van der Waals surface area contributed by atoms with Gasteiger partial charge < -0.3 is 15.2 Å². The highest BCUT2D eigenvalue weighted by atomic mass is 16.5. The molecule has 1 saturated heterocycles. The smallest absolute Gasteiger partial charge is 0.217 e. The Morgan fingerprint density at radius 3 is 2.48 bits per heavy atom. The van der Waals surface area contributed by atoms with E-state index in [-0.39, 0.29) is 5.91 Å². The number of nitrogens with zero attached hydrogens (tertiary/aromatic N) is 1. The fourth-order valence-corrected chi connectivity index (χ4v) is 2.67. The summed E-state index contributed by atoms with van der Waals surface area (Å²) in [7, 11) is 0. The average molecular weight is 322 g/mol. The molecule has 1 aromatic rings. The summed E-state index contributed by atoms with van der Waals surface area (Å²) in [4.78, 5) is 16.1. The van der Waals surface area contributed by atoms with Gasteiger partial charge in [-0.05, 0) is 38.8 Å². The van der Waals surface area contributed by atoms with Crippen molar-refractivity contribution >= 4 is 5.91 Å². The lowest BCUT2D eigenvalue weighted by Crippen LogP contribution is -2.41. The van der Waals surface area contributed by atoms with Gasteiger partial charge in [0.05, 0.1) is 17.3 Å². The highest BCUT2D eigenvalue weighted by Crippen LogP contribution is 2.29. The van der Waals surface area contributed by atoms with Crippen molar-refractivity contribution in [2.24, 2.45) is 0 Å². The summed E-state index contributed by atoms with van der Waals surface area (Å²) in [5.74, 6) is 0.207. The van der Waals surface area contributed by atoms with Crippen LogP contribution in [0.4, 0.5) is 0 Å². The molecule has 0 aliphatic carbocycles. The van der Waals surface area contributed by atoms with Gasteiger partial charge in [-0.15, -0.1) is 0 Å². The van der Waals surface area contributed by atoms with Gasteiger partial charge in [0.25, 0.3) is 0 Å². The topological polar surface area (TPSA) is 71.5 Å². The zero-order valence-electron chi connectivity index (χ0n) is 14.9. The Labute approximate surface area is 139 Å². The Morgan fingerprint density at radius 1 is 1.35 bits per heavy atom. The van der Waals surface area contributed by atoms with Gasteiger partial charge in [0.2, 0.25) is 5.91 Å². The Balaban J connectivity index is 0.00000127. The van der Waals surface area contributed by atoms with Crippen LogP contribution in [0.3, 0.4) is 0 Å². The molecule has 1 aliphatic heterocycles. The SMILES string of the molecule is CC.CC(=O)NC(c1cccc(C2CCOCC2)n1)C(C)(C)O. The maximum absolute atomic E-state index is 11.4. The first kappa shape index (κ1) is 19.6. The van der Waals surface area contributed by atoms with Crippen molar-refractivity contribution in [1.29, 1.82) is 0 Å². The molecule has 5 nitrogen and oxygen atoms in total. The molecule has 130 valence electrons. The van der Waals surface area contributed by atoms with Crippen LogP contribution >= 0.6 is 0 Å². The largest absolute Gasteiger partial charge is 0.388 e. The number of aromatic nitrogens is 1. The van der Waals surface area contributed by atoms with Crippen molar-refractivity contribution in [3.8, 4) is 0 Å². The monoisotopic (exact) mass is 322 g/mol. The summed E-state index contributed by atoms with van der Waals surface area (Å²) in [6.45, 7) is 10.3. The number of pyridine rings is 1. The lowest BCUT2D eigenvalue weighted by atomic mass is 9.92. The van der Waals surface area contributed by atoms with Crippen LogP contribution in [0.1, 0.15) is 70.8 Å². The molecular formula is C18H30N2O3. The molecule has 2 rings (SSSR count). The fourth-order valence-electron chi connectivity index (χ4n) is 2.67. The van der Waals surface area contributed by atoms with Crippen molar-refractivity contribution in [3.63, 3.8) is 0 Å². The fraction of sp³-hybridized carbons (Fsp3) is 0.667. The van der Waals surface area contributed by atoms with Gasteiger partial charge in [0, 0.05) is 31.7 Å². The standard InChI is InChI=1S/C16H24N2O3.C2H6/c1-11(19)17-15(16(2,3)20)14-6-4-5-13(18-14)12-7-9-21-10-8-12;1-2/h4-6,12,15,20H,7-10H2,1-3H3,(H,17,19);1-2H3. The lowest BCUT2D eigenvalue weighted by Gasteiger charge is -2.30. The van der Waals surface area contributed by atoms with E-state index in [0.29, 0.717) is 11.6 Å². The van der Waals surface area contributed by atoms with Gasteiger partial charge in [-0.1, -0.05) is 19.9 Å². The Morgan fingerprint density at radius 2 is 1.96 bits per heavy atom. The van der Waals surface area contributed by atoms with Gasteiger partial charge in [0.15, 0.2) is 0 Å². The third-order valence-electron chi connectivity index (χ3n) is 3.78. The molecule has 2 heterocycles. The molecule has 1 atom stereocenters. The molecule has 1 amide bonds. The number of rotatable bonds is 4. The predicted octanol–water partition coefficient (Wildman–Crippen LogP) is 2.95. The van der Waals surface area contributed by atoms with E-state index >= 15 is 0 Å². The van der Waals surface area contributed by atoms with Crippen LogP contribution in [0.25, 0.3) is 0 Å². The Kier molecular flexibility index (Phi) is 7.65. The Bertz CT molecular complexity index is 491. The van der Waals surface area contributed by atoms with E-state index in [1.165, 1.54) is 6.92 Å². The van der Waals surface area contributed by atoms with Gasteiger partial charge in [-0.2, -0.15) is 0 Å². The Hall–Kier alpha value is -1.46. The molecule has 23 heavy (non-hydrogen) atoms. The summed E-state index contributed by atoms with van der Waals surface area (Å²) in [5, 5.41) is 13.1. The third-order valence-corrected chi connectivity index (χ3v) is 3.78. The molecule has 0 bridgehead atoms. The maximum atomic E-state index is 11.4. The molecule has 0 saturated carbocycles. The molecule has 0 spiro atoms. The second kappa shape index (κ2) is 8.99. The summed E-state index contributed by atoms with van der Waals surface area (Å²) in [6, 6.07) is 5.28. The van der Waals surface area contributed by atoms with E-state index in [9.17, 15) is 9.90 Å². The number of carbonyl (C=O) groups is 1. The molecule has 5 heteroatoms. The lowest BCUT2D eigenvalue weighted by molar-refractivity contribution is -0.121. The van der Waals surface area contributed by atoms with Crippen LogP contribution in [-0.4, -0.2) is 34.8 Å². The zero-order chi connectivity index (χ0) is 17.5. The van der Waals surface area contributed by atoms with Gasteiger partial charge in [0.1, 0.15) is 0 Å². The van der Waals surface area contributed by atoms with Crippen LogP contribution in [-0.2, 0) is 9.53 Å². The molecule has 0 aromatic carbocycles. The van der Waals surface area contributed by atoms with Crippen LogP contribution < -0.4 is 5.32 Å². The van der Waals surface area contributed by atoms with Crippen molar-refractivity contribution in [2.45, 2.75) is 65.0 Å². The van der Waals surface area contributed by atoms with Crippen molar-refractivity contribution in [2.75, 3.05) is 13.2 Å². The van der Waals surface area contributed by atoms with Crippen molar-refractivity contribution in [3.05, 3.63) is 29.6 Å². The highest BCUT2D eigenvalue weighted by molar-refractivity contribution is 5.73. The number of aliphatic hydroxyl groups is 1. The second-order valence-corrected chi connectivity index (χ2v) is 6.16. The minimum atomic E-state index is -1.08. The van der Waals surface area contributed by atoms with Crippen LogP contribution in [0.15, 0.2) is 18.2 Å². The van der Waals surface area contributed by atoms with Crippen molar-refractivity contribution < 1.29 is 14.6 Å². The number of nitrogens with one attached hydrogen (secondary N) is 1. The second-order valence-electron chi connectivity index (χ2n) is 6.16. The van der Waals surface area contributed by atoms with Gasteiger partial charge in [-0.25, -0.2) is 0 Å². The summed E-state index contributed by atoms with van der Waals surface area (Å²) in [5.41, 5.74) is 0.629. The number of hydrogen-bond acceptors (Lipinski definition) is 4. The van der Waals surface area contributed by atoms with E-state index in [1.807, 2.05) is 32.0 Å². The molecule has 1 unspecified atom stereocenters. The molecular weight excluding hydrogens is 292 g/mol. The summed E-state index contributed by atoms with van der Waals surface area (Å²) < 4.78 is 5.38. The molecule has 0 radical (unpaired) electrons. The van der Waals surface area contributed by atoms with Gasteiger partial charge in [-0.3, -0.25) is 9.78 Å². The van der Waals surface area contributed by atoms with Crippen LogP contribution in [0, 0.1) is 0 Å². The highest BCUT2D eigenvalue weighted by Gasteiger charge is 2.31. The molecule has 1 aliphatic rings. The van der Waals surface area contributed by atoms with E-state index in [4.69, 9.17) is 4.74 Å². The van der Waals surface area contributed by atoms with E-state index in [1.54, 1.807) is 13.8 Å². The summed E-state index contributed by atoms with van der Waals surface area (Å²) in [6.07, 6.45) is 1.92. The van der Waals surface area contributed by atoms with E-state index in [0.717, 1.165) is 31.7 Å². The van der Waals surface area contributed by atoms with Crippen LogP contribution in [0.2, 0.25) is 0 Å². The summed E-state index contributed by atoms with van der Waals surface area (Å²) >= 11 is 0. The molecule has 1 aromatic heterocycles. The average Bonchev–Trinajstić information content (AvgIpc) is 2.54. The number of hydrogen-bond donors (Lipinski definition) is 2. The van der Waals surface area contributed by atoms with Crippen LogP contribution in [0.5, 0.6) is 0 Å². The molecule has 2 N–H and O–H groups in total. The normalized spacial score (nSPS) is 17.0. The van der Waals surface area contributed by atoms with E-state index in [2.05, 4.69) is 10.3 Å². The van der Waals surface area contributed by atoms with Gasteiger partial charge >= 0.3 is 0 Å². The number of ether oxygens (including phenoxy) is 1. The maximum Gasteiger partial charge on any atom is 0.217 e. The molecule has 1 fully saturated rings.